The van der Waals surface area contributed by atoms with Crippen LogP contribution in [0, 0.1) is 0 Å². The molecule has 1 aromatic rings. The van der Waals surface area contributed by atoms with E-state index in [1.165, 1.54) is 5.56 Å². The number of H-pyrrole nitrogens is 1. The summed E-state index contributed by atoms with van der Waals surface area (Å²) in [4.78, 5) is 14.1. The van der Waals surface area contributed by atoms with Crippen LogP contribution in [-0.2, 0) is 6.54 Å². The van der Waals surface area contributed by atoms with E-state index in [1.807, 2.05) is 12.3 Å². The number of rotatable bonds is 2. The number of pyridine rings is 1. The van der Waals surface area contributed by atoms with Gasteiger partial charge in [-0.1, -0.05) is 0 Å². The highest BCUT2D eigenvalue weighted by atomic mass is 16.1. The number of hydrogen-bond donors (Lipinski definition) is 3. The van der Waals surface area contributed by atoms with Crippen LogP contribution in [0.5, 0.6) is 0 Å². The summed E-state index contributed by atoms with van der Waals surface area (Å²) in [5.74, 6) is 0.563. The Kier molecular flexibility index (Phi) is 3.18. The lowest BCUT2D eigenvalue weighted by Crippen LogP contribution is -2.27. The third kappa shape index (κ3) is 2.27. The molecule has 82 valence electrons. The zero-order valence-electron chi connectivity index (χ0n) is 8.75. The van der Waals surface area contributed by atoms with E-state index in [2.05, 4.69) is 10.3 Å². The van der Waals surface area contributed by atoms with E-state index >= 15 is 0 Å². The number of nitrogens with two attached hydrogens (primary N) is 1. The van der Waals surface area contributed by atoms with Gasteiger partial charge in [0.2, 0.25) is 0 Å². The van der Waals surface area contributed by atoms with E-state index in [0.29, 0.717) is 18.0 Å². The minimum absolute atomic E-state index is 0.0600. The molecular weight excluding hydrogens is 190 g/mol. The van der Waals surface area contributed by atoms with Gasteiger partial charge in [0.05, 0.1) is 0 Å². The molecule has 0 saturated carbocycles. The second-order valence-corrected chi connectivity index (χ2v) is 4.02. The number of hydrogen-bond acceptors (Lipinski definition) is 3. The van der Waals surface area contributed by atoms with Crippen LogP contribution in [0.1, 0.15) is 29.9 Å². The Bertz CT molecular complexity index is 380. The van der Waals surface area contributed by atoms with Gasteiger partial charge in [-0.25, -0.2) is 0 Å². The standard InChI is InChI=1S/C11H17N3O/c12-6-9-5-10(7-14-11(9)15)8-1-3-13-4-2-8/h5,7-8,13H,1-4,6,12H2,(H,14,15). The van der Waals surface area contributed by atoms with Crippen molar-refractivity contribution in [3.63, 3.8) is 0 Å². The fourth-order valence-electron chi connectivity index (χ4n) is 2.09. The van der Waals surface area contributed by atoms with Crippen molar-refractivity contribution in [2.45, 2.75) is 25.3 Å². The molecule has 2 heterocycles. The van der Waals surface area contributed by atoms with Gasteiger partial charge in [-0.3, -0.25) is 4.79 Å². The van der Waals surface area contributed by atoms with Crippen molar-refractivity contribution in [2.75, 3.05) is 13.1 Å². The third-order valence-electron chi connectivity index (χ3n) is 3.03. The van der Waals surface area contributed by atoms with Crippen molar-refractivity contribution >= 4 is 0 Å². The first kappa shape index (κ1) is 10.4. The van der Waals surface area contributed by atoms with Crippen molar-refractivity contribution in [3.8, 4) is 0 Å². The first-order chi connectivity index (χ1) is 7.31. The van der Waals surface area contributed by atoms with Gasteiger partial charge >= 0.3 is 0 Å². The van der Waals surface area contributed by atoms with Gasteiger partial charge in [0, 0.05) is 18.3 Å². The average Bonchev–Trinajstić information content (AvgIpc) is 2.31. The Morgan fingerprint density at radius 2 is 2.13 bits per heavy atom. The highest BCUT2D eigenvalue weighted by molar-refractivity contribution is 5.22. The van der Waals surface area contributed by atoms with E-state index in [0.717, 1.165) is 25.9 Å². The van der Waals surface area contributed by atoms with E-state index in [1.54, 1.807) is 0 Å². The second-order valence-electron chi connectivity index (χ2n) is 4.02. The largest absolute Gasteiger partial charge is 0.329 e. The molecule has 1 aliphatic heterocycles. The Morgan fingerprint density at radius 3 is 2.80 bits per heavy atom. The van der Waals surface area contributed by atoms with E-state index in [4.69, 9.17) is 5.73 Å². The molecule has 0 amide bonds. The van der Waals surface area contributed by atoms with Crippen LogP contribution in [-0.4, -0.2) is 18.1 Å². The fraction of sp³-hybridized carbons (Fsp3) is 0.545. The van der Waals surface area contributed by atoms with Gasteiger partial charge in [0.1, 0.15) is 0 Å². The Morgan fingerprint density at radius 1 is 1.40 bits per heavy atom. The van der Waals surface area contributed by atoms with Crippen molar-refractivity contribution in [1.82, 2.24) is 10.3 Å². The molecule has 0 aromatic carbocycles. The lowest BCUT2D eigenvalue weighted by atomic mass is 9.91. The smallest absolute Gasteiger partial charge is 0.252 e. The summed E-state index contributed by atoms with van der Waals surface area (Å²) < 4.78 is 0. The summed E-state index contributed by atoms with van der Waals surface area (Å²) in [5.41, 5.74) is 7.36. The van der Waals surface area contributed by atoms with Crippen LogP contribution in [0.15, 0.2) is 17.1 Å². The molecule has 0 atom stereocenters. The molecule has 15 heavy (non-hydrogen) atoms. The first-order valence-corrected chi connectivity index (χ1v) is 5.43. The summed E-state index contributed by atoms with van der Waals surface area (Å²) in [6.45, 7) is 2.43. The highest BCUT2D eigenvalue weighted by Crippen LogP contribution is 2.24. The van der Waals surface area contributed by atoms with Crippen LogP contribution >= 0.6 is 0 Å². The van der Waals surface area contributed by atoms with Gasteiger partial charge in [0.15, 0.2) is 0 Å². The molecule has 0 spiro atoms. The first-order valence-electron chi connectivity index (χ1n) is 5.43. The van der Waals surface area contributed by atoms with E-state index in [-0.39, 0.29) is 5.56 Å². The maximum Gasteiger partial charge on any atom is 0.252 e. The number of piperidine rings is 1. The minimum Gasteiger partial charge on any atom is -0.329 e. The van der Waals surface area contributed by atoms with Crippen LogP contribution in [0.4, 0.5) is 0 Å². The number of nitrogens with one attached hydrogen (secondary N) is 2. The zero-order chi connectivity index (χ0) is 10.7. The molecule has 1 aliphatic rings. The molecule has 1 saturated heterocycles. The fourth-order valence-corrected chi connectivity index (χ4v) is 2.09. The van der Waals surface area contributed by atoms with Crippen molar-refractivity contribution in [2.24, 2.45) is 5.73 Å². The zero-order valence-corrected chi connectivity index (χ0v) is 8.75. The minimum atomic E-state index is -0.0600. The molecule has 0 unspecified atom stereocenters. The normalized spacial score (nSPS) is 17.9. The molecule has 1 aromatic heterocycles. The molecular formula is C11H17N3O. The van der Waals surface area contributed by atoms with Crippen molar-refractivity contribution < 1.29 is 0 Å². The molecule has 0 radical (unpaired) electrons. The lowest BCUT2D eigenvalue weighted by molar-refractivity contribution is 0.459. The predicted molar refractivity (Wildman–Crippen MR) is 59.8 cm³/mol. The summed E-state index contributed by atoms with van der Waals surface area (Å²) in [6.07, 6.45) is 4.10. The maximum atomic E-state index is 11.3. The third-order valence-corrected chi connectivity index (χ3v) is 3.03. The van der Waals surface area contributed by atoms with Crippen LogP contribution in [0.3, 0.4) is 0 Å². The number of aromatic nitrogens is 1. The van der Waals surface area contributed by atoms with Crippen LogP contribution < -0.4 is 16.6 Å². The molecule has 4 heteroatoms. The molecule has 1 fully saturated rings. The summed E-state index contributed by atoms with van der Waals surface area (Å²) >= 11 is 0. The van der Waals surface area contributed by atoms with E-state index in [9.17, 15) is 4.79 Å². The topological polar surface area (TPSA) is 70.9 Å². The molecule has 0 aliphatic carbocycles. The Labute approximate surface area is 88.9 Å². The van der Waals surface area contributed by atoms with Crippen LogP contribution in [0.2, 0.25) is 0 Å². The maximum absolute atomic E-state index is 11.3. The second kappa shape index (κ2) is 4.59. The summed E-state index contributed by atoms with van der Waals surface area (Å²) in [6, 6.07) is 1.95. The van der Waals surface area contributed by atoms with Gasteiger partial charge in [-0.2, -0.15) is 0 Å². The molecule has 4 N–H and O–H groups in total. The summed E-state index contributed by atoms with van der Waals surface area (Å²) in [7, 11) is 0. The molecule has 0 bridgehead atoms. The summed E-state index contributed by atoms with van der Waals surface area (Å²) in [5, 5.41) is 3.33. The van der Waals surface area contributed by atoms with Crippen molar-refractivity contribution in [3.05, 3.63) is 33.7 Å². The Hall–Kier alpha value is -1.13. The van der Waals surface area contributed by atoms with Gasteiger partial charge in [0.25, 0.3) is 5.56 Å². The highest BCUT2D eigenvalue weighted by Gasteiger charge is 2.15. The molecule has 2 rings (SSSR count). The van der Waals surface area contributed by atoms with Crippen LogP contribution in [0.25, 0.3) is 0 Å². The van der Waals surface area contributed by atoms with Gasteiger partial charge in [-0.05, 0) is 43.5 Å². The van der Waals surface area contributed by atoms with Crippen molar-refractivity contribution in [1.29, 1.82) is 0 Å². The van der Waals surface area contributed by atoms with E-state index < -0.39 is 0 Å². The molecule has 4 nitrogen and oxygen atoms in total. The van der Waals surface area contributed by atoms with Gasteiger partial charge in [-0.15, -0.1) is 0 Å². The predicted octanol–water partition coefficient (Wildman–Crippen LogP) is 0.301. The average molecular weight is 207 g/mol. The van der Waals surface area contributed by atoms with Gasteiger partial charge < -0.3 is 16.0 Å². The Balaban J connectivity index is 2.23. The lowest BCUT2D eigenvalue weighted by Gasteiger charge is -2.22. The quantitative estimate of drug-likeness (QED) is 0.653. The SMILES string of the molecule is NCc1cc(C2CCNCC2)c[nH]c1=O. The number of aromatic amines is 1. The monoisotopic (exact) mass is 207 g/mol.